The summed E-state index contributed by atoms with van der Waals surface area (Å²) >= 11 is 0. The van der Waals surface area contributed by atoms with E-state index in [4.69, 9.17) is 15.3 Å². The number of carbonyl (C=O) groups is 1. The van der Waals surface area contributed by atoms with Gasteiger partial charge in [-0.25, -0.2) is 9.97 Å². The number of nitrogens with zero attached hydrogens (tertiary/aromatic N) is 4. The SMILES string of the molecule is CCOC(=O)C1(COc2cnc(-c3ccc(C=NN)nc3)cn2)CC1. The van der Waals surface area contributed by atoms with E-state index < -0.39 is 5.41 Å². The van der Waals surface area contributed by atoms with Crippen LogP contribution in [0.4, 0.5) is 0 Å². The molecule has 0 aromatic carbocycles. The Labute approximate surface area is 145 Å². The third-order valence-electron chi connectivity index (χ3n) is 3.98. The summed E-state index contributed by atoms with van der Waals surface area (Å²) in [5.74, 6) is 5.26. The van der Waals surface area contributed by atoms with Gasteiger partial charge in [-0.3, -0.25) is 9.78 Å². The quantitative estimate of drug-likeness (QED) is 0.352. The summed E-state index contributed by atoms with van der Waals surface area (Å²) in [6.07, 6.45) is 7.83. The Morgan fingerprint density at radius 1 is 1.28 bits per heavy atom. The lowest BCUT2D eigenvalue weighted by atomic mass is 10.1. The Morgan fingerprint density at radius 2 is 2.12 bits per heavy atom. The van der Waals surface area contributed by atoms with Gasteiger partial charge in [0, 0.05) is 11.8 Å². The fraction of sp³-hybridized carbons (Fsp3) is 0.353. The second kappa shape index (κ2) is 7.25. The summed E-state index contributed by atoms with van der Waals surface area (Å²) in [6, 6.07) is 3.64. The molecule has 0 saturated heterocycles. The van der Waals surface area contributed by atoms with Gasteiger partial charge in [-0.1, -0.05) is 0 Å². The number of ether oxygens (including phenoxy) is 2. The lowest BCUT2D eigenvalue weighted by Crippen LogP contribution is -2.26. The van der Waals surface area contributed by atoms with Crippen LogP contribution in [0.15, 0.2) is 35.8 Å². The number of hydrogen-bond acceptors (Lipinski definition) is 8. The van der Waals surface area contributed by atoms with Gasteiger partial charge in [0.05, 0.1) is 36.6 Å². The Balaban J connectivity index is 1.61. The van der Waals surface area contributed by atoms with Crippen LogP contribution in [0.2, 0.25) is 0 Å². The molecule has 2 aromatic rings. The molecule has 3 rings (SSSR count). The van der Waals surface area contributed by atoms with Gasteiger partial charge < -0.3 is 15.3 Å². The highest BCUT2D eigenvalue weighted by Gasteiger charge is 2.52. The minimum Gasteiger partial charge on any atom is -0.475 e. The molecule has 1 fully saturated rings. The van der Waals surface area contributed by atoms with Gasteiger partial charge in [0.15, 0.2) is 0 Å². The summed E-state index contributed by atoms with van der Waals surface area (Å²) in [6.45, 7) is 2.43. The monoisotopic (exact) mass is 341 g/mol. The van der Waals surface area contributed by atoms with Crippen LogP contribution in [-0.2, 0) is 9.53 Å². The van der Waals surface area contributed by atoms with E-state index in [2.05, 4.69) is 20.1 Å². The van der Waals surface area contributed by atoms with Gasteiger partial charge >= 0.3 is 5.97 Å². The fourth-order valence-electron chi connectivity index (χ4n) is 2.30. The largest absolute Gasteiger partial charge is 0.475 e. The van der Waals surface area contributed by atoms with Crippen LogP contribution in [0, 0.1) is 5.41 Å². The predicted molar refractivity (Wildman–Crippen MR) is 90.8 cm³/mol. The minimum absolute atomic E-state index is 0.202. The molecular formula is C17H19N5O3. The Kier molecular flexibility index (Phi) is 4.87. The van der Waals surface area contributed by atoms with Crippen LogP contribution in [0.1, 0.15) is 25.5 Å². The topological polar surface area (TPSA) is 113 Å². The van der Waals surface area contributed by atoms with Gasteiger partial charge in [-0.15, -0.1) is 0 Å². The van der Waals surface area contributed by atoms with Crippen molar-refractivity contribution in [3.05, 3.63) is 36.4 Å². The molecule has 2 heterocycles. The van der Waals surface area contributed by atoms with E-state index >= 15 is 0 Å². The zero-order chi connectivity index (χ0) is 17.7. The zero-order valence-electron chi connectivity index (χ0n) is 13.9. The molecule has 0 spiro atoms. The molecule has 1 aliphatic carbocycles. The summed E-state index contributed by atoms with van der Waals surface area (Å²) in [5, 5.41) is 3.42. The second-order valence-electron chi connectivity index (χ2n) is 5.78. The molecule has 1 saturated carbocycles. The standard InChI is InChI=1S/C17H19N5O3/c1-2-24-16(23)17(5-6-17)11-25-15-10-20-14(9-21-15)12-3-4-13(8-22-18)19-7-12/h3-4,7-10H,2,5-6,11,18H2,1H3. The first-order chi connectivity index (χ1) is 12.2. The van der Waals surface area contributed by atoms with Gasteiger partial charge in [0.25, 0.3) is 0 Å². The van der Waals surface area contributed by atoms with Crippen LogP contribution in [0.5, 0.6) is 5.88 Å². The van der Waals surface area contributed by atoms with E-state index in [0.717, 1.165) is 18.4 Å². The second-order valence-corrected chi connectivity index (χ2v) is 5.78. The first-order valence-corrected chi connectivity index (χ1v) is 7.98. The van der Waals surface area contributed by atoms with Gasteiger partial charge in [0.2, 0.25) is 5.88 Å². The number of rotatable bonds is 7. The van der Waals surface area contributed by atoms with E-state index in [1.165, 1.54) is 12.4 Å². The lowest BCUT2D eigenvalue weighted by molar-refractivity contribution is -0.150. The highest BCUT2D eigenvalue weighted by molar-refractivity contribution is 5.80. The Morgan fingerprint density at radius 3 is 2.68 bits per heavy atom. The van der Waals surface area contributed by atoms with Crippen LogP contribution >= 0.6 is 0 Å². The maximum atomic E-state index is 11.9. The molecule has 0 amide bonds. The third-order valence-corrected chi connectivity index (χ3v) is 3.98. The Bertz CT molecular complexity index is 755. The van der Waals surface area contributed by atoms with Crippen molar-refractivity contribution in [3.8, 4) is 17.1 Å². The highest BCUT2D eigenvalue weighted by atomic mass is 16.5. The van der Waals surface area contributed by atoms with Crippen molar-refractivity contribution >= 4 is 12.2 Å². The molecule has 0 atom stereocenters. The lowest BCUT2D eigenvalue weighted by Gasteiger charge is -2.14. The molecule has 2 aromatic heterocycles. The van der Waals surface area contributed by atoms with Crippen LogP contribution in [0.3, 0.4) is 0 Å². The van der Waals surface area contributed by atoms with Crippen molar-refractivity contribution in [1.29, 1.82) is 0 Å². The minimum atomic E-state index is -0.513. The maximum Gasteiger partial charge on any atom is 0.315 e. The van der Waals surface area contributed by atoms with Crippen molar-refractivity contribution in [2.45, 2.75) is 19.8 Å². The smallest absolute Gasteiger partial charge is 0.315 e. The molecule has 1 aliphatic rings. The molecule has 2 N–H and O–H groups in total. The number of hydrazone groups is 1. The van der Waals surface area contributed by atoms with Crippen molar-refractivity contribution in [2.75, 3.05) is 13.2 Å². The molecule has 0 bridgehead atoms. The number of aromatic nitrogens is 3. The number of hydrogen-bond donors (Lipinski definition) is 1. The van der Waals surface area contributed by atoms with E-state index in [9.17, 15) is 4.79 Å². The average Bonchev–Trinajstić information content (AvgIpc) is 3.43. The van der Waals surface area contributed by atoms with Crippen molar-refractivity contribution in [3.63, 3.8) is 0 Å². The van der Waals surface area contributed by atoms with Crippen LogP contribution in [-0.4, -0.2) is 40.3 Å². The van der Waals surface area contributed by atoms with Gasteiger partial charge in [-0.2, -0.15) is 5.10 Å². The summed E-state index contributed by atoms with van der Waals surface area (Å²) in [7, 11) is 0. The van der Waals surface area contributed by atoms with E-state index in [-0.39, 0.29) is 12.6 Å². The molecule has 8 nitrogen and oxygen atoms in total. The molecule has 25 heavy (non-hydrogen) atoms. The van der Waals surface area contributed by atoms with Crippen LogP contribution < -0.4 is 10.6 Å². The summed E-state index contributed by atoms with van der Waals surface area (Å²) in [4.78, 5) is 24.7. The summed E-state index contributed by atoms with van der Waals surface area (Å²) in [5.41, 5.74) is 1.63. The van der Waals surface area contributed by atoms with Crippen molar-refractivity contribution < 1.29 is 14.3 Å². The number of nitrogens with two attached hydrogens (primary N) is 1. The first-order valence-electron chi connectivity index (χ1n) is 7.98. The molecule has 130 valence electrons. The van der Waals surface area contributed by atoms with E-state index in [0.29, 0.717) is 23.9 Å². The highest BCUT2D eigenvalue weighted by Crippen LogP contribution is 2.46. The van der Waals surface area contributed by atoms with E-state index in [1.54, 1.807) is 25.4 Å². The number of pyridine rings is 1. The zero-order valence-corrected chi connectivity index (χ0v) is 13.9. The molecular weight excluding hydrogens is 322 g/mol. The predicted octanol–water partition coefficient (Wildman–Crippen LogP) is 1.55. The summed E-state index contributed by atoms with van der Waals surface area (Å²) < 4.78 is 10.7. The van der Waals surface area contributed by atoms with Gasteiger partial charge in [0.1, 0.15) is 12.0 Å². The molecule has 8 heteroatoms. The van der Waals surface area contributed by atoms with Crippen LogP contribution in [0.25, 0.3) is 11.3 Å². The third kappa shape index (κ3) is 3.90. The van der Waals surface area contributed by atoms with Crippen molar-refractivity contribution in [2.24, 2.45) is 16.4 Å². The maximum absolute atomic E-state index is 11.9. The normalized spacial score (nSPS) is 15.1. The first kappa shape index (κ1) is 16.8. The number of carbonyl (C=O) groups excluding carboxylic acids is 1. The fourth-order valence-corrected chi connectivity index (χ4v) is 2.30. The molecule has 0 unspecified atom stereocenters. The van der Waals surface area contributed by atoms with E-state index in [1.807, 2.05) is 6.07 Å². The average molecular weight is 341 g/mol. The number of esters is 1. The van der Waals surface area contributed by atoms with Crippen molar-refractivity contribution in [1.82, 2.24) is 15.0 Å². The Hall–Kier alpha value is -3.03. The molecule has 0 aliphatic heterocycles. The van der Waals surface area contributed by atoms with Gasteiger partial charge in [-0.05, 0) is 31.9 Å². The molecule has 0 radical (unpaired) electrons.